The van der Waals surface area contributed by atoms with Crippen molar-refractivity contribution in [2.75, 3.05) is 19.6 Å². The molecule has 0 radical (unpaired) electrons. The maximum atomic E-state index is 3.83. The van der Waals surface area contributed by atoms with Crippen LogP contribution in [-0.4, -0.2) is 36.6 Å². The minimum absolute atomic E-state index is 0.728. The van der Waals surface area contributed by atoms with Crippen molar-refractivity contribution in [3.8, 4) is 0 Å². The van der Waals surface area contributed by atoms with E-state index < -0.39 is 0 Å². The predicted octanol–water partition coefficient (Wildman–Crippen LogP) is 3.91. The van der Waals surface area contributed by atoms with E-state index in [9.17, 15) is 0 Å². The summed E-state index contributed by atoms with van der Waals surface area (Å²) in [5.74, 6) is 2.68. The first-order valence-corrected chi connectivity index (χ1v) is 9.07. The Labute approximate surface area is 126 Å². The first kappa shape index (κ1) is 16.3. The molecule has 0 amide bonds. The van der Waals surface area contributed by atoms with Gasteiger partial charge >= 0.3 is 0 Å². The van der Waals surface area contributed by atoms with E-state index in [0.29, 0.717) is 0 Å². The van der Waals surface area contributed by atoms with Gasteiger partial charge in [-0.25, -0.2) is 0 Å². The molecule has 2 fully saturated rings. The van der Waals surface area contributed by atoms with Gasteiger partial charge in [0.25, 0.3) is 0 Å². The molecule has 0 aromatic rings. The van der Waals surface area contributed by atoms with Crippen LogP contribution in [0.5, 0.6) is 0 Å². The molecule has 2 aliphatic rings. The summed E-state index contributed by atoms with van der Waals surface area (Å²) in [6.07, 6.45) is 8.46. The molecular weight excluding hydrogens is 244 g/mol. The van der Waals surface area contributed by atoms with Gasteiger partial charge in [-0.15, -0.1) is 0 Å². The van der Waals surface area contributed by atoms with Crippen LogP contribution in [0.15, 0.2) is 0 Å². The molecule has 0 spiro atoms. The summed E-state index contributed by atoms with van der Waals surface area (Å²) < 4.78 is 0. The van der Waals surface area contributed by atoms with Gasteiger partial charge in [0, 0.05) is 25.2 Å². The second kappa shape index (κ2) is 7.79. The Morgan fingerprint density at radius 2 is 1.95 bits per heavy atom. The summed E-state index contributed by atoms with van der Waals surface area (Å²) in [6, 6.07) is 1.59. The van der Waals surface area contributed by atoms with Crippen molar-refractivity contribution in [3.05, 3.63) is 0 Å². The van der Waals surface area contributed by atoms with E-state index in [-0.39, 0.29) is 0 Å². The van der Waals surface area contributed by atoms with Gasteiger partial charge in [-0.05, 0) is 56.4 Å². The van der Waals surface area contributed by atoms with Gasteiger partial charge in [-0.3, -0.25) is 4.90 Å². The highest BCUT2D eigenvalue weighted by Crippen LogP contribution is 2.35. The van der Waals surface area contributed by atoms with Crippen LogP contribution < -0.4 is 5.32 Å². The molecule has 1 aliphatic carbocycles. The number of rotatable bonds is 7. The van der Waals surface area contributed by atoms with E-state index in [2.05, 4.69) is 37.9 Å². The van der Waals surface area contributed by atoms with Gasteiger partial charge in [0.15, 0.2) is 0 Å². The van der Waals surface area contributed by atoms with E-state index in [4.69, 9.17) is 0 Å². The zero-order chi connectivity index (χ0) is 14.5. The number of hydrogen-bond acceptors (Lipinski definition) is 2. The van der Waals surface area contributed by atoms with Crippen molar-refractivity contribution in [2.24, 2.45) is 17.8 Å². The number of nitrogens with one attached hydrogen (secondary N) is 1. The standard InChI is InChI=1S/C18H36N2/c1-5-18(16-7-6-8-16)20-12-15(4)11-17(13-20)19-10-9-14(2)3/h14-19H,5-13H2,1-4H3. The van der Waals surface area contributed by atoms with Crippen LogP contribution in [0.3, 0.4) is 0 Å². The third-order valence-electron chi connectivity index (χ3n) is 5.42. The summed E-state index contributed by atoms with van der Waals surface area (Å²) in [4.78, 5) is 2.82. The summed E-state index contributed by atoms with van der Waals surface area (Å²) in [7, 11) is 0. The SMILES string of the molecule is CCC(C1CCC1)N1CC(C)CC(NCCC(C)C)C1. The van der Waals surface area contributed by atoms with E-state index in [0.717, 1.165) is 29.8 Å². The molecule has 118 valence electrons. The fraction of sp³-hybridized carbons (Fsp3) is 1.00. The van der Waals surface area contributed by atoms with Crippen molar-refractivity contribution in [1.82, 2.24) is 10.2 Å². The molecule has 1 saturated carbocycles. The Hall–Kier alpha value is -0.0800. The smallest absolute Gasteiger partial charge is 0.0198 e. The molecule has 1 saturated heterocycles. The topological polar surface area (TPSA) is 15.3 Å². The third-order valence-corrected chi connectivity index (χ3v) is 5.42. The van der Waals surface area contributed by atoms with Gasteiger partial charge < -0.3 is 5.32 Å². The lowest BCUT2D eigenvalue weighted by Gasteiger charge is -2.46. The molecule has 1 heterocycles. The lowest BCUT2D eigenvalue weighted by Crippen LogP contribution is -2.54. The van der Waals surface area contributed by atoms with Crippen molar-refractivity contribution in [2.45, 2.75) is 78.3 Å². The fourth-order valence-electron chi connectivity index (χ4n) is 4.10. The average Bonchev–Trinajstić information content (AvgIpc) is 2.32. The van der Waals surface area contributed by atoms with Crippen LogP contribution in [0.1, 0.15) is 66.2 Å². The van der Waals surface area contributed by atoms with Crippen LogP contribution in [-0.2, 0) is 0 Å². The Kier molecular flexibility index (Phi) is 6.35. The van der Waals surface area contributed by atoms with Gasteiger partial charge in [0.2, 0.25) is 0 Å². The highest BCUT2D eigenvalue weighted by molar-refractivity contribution is 4.90. The molecule has 0 bridgehead atoms. The Balaban J connectivity index is 1.83. The van der Waals surface area contributed by atoms with Crippen molar-refractivity contribution < 1.29 is 0 Å². The second-order valence-electron chi connectivity index (χ2n) is 7.79. The molecule has 3 atom stereocenters. The predicted molar refractivity (Wildman–Crippen MR) is 88.0 cm³/mol. The Bertz CT molecular complexity index is 273. The molecular formula is C18H36N2. The minimum atomic E-state index is 0.728. The monoisotopic (exact) mass is 280 g/mol. The molecule has 2 rings (SSSR count). The molecule has 20 heavy (non-hydrogen) atoms. The highest BCUT2D eigenvalue weighted by Gasteiger charge is 2.34. The average molecular weight is 281 g/mol. The zero-order valence-corrected chi connectivity index (χ0v) is 14.2. The van der Waals surface area contributed by atoms with Crippen molar-refractivity contribution >= 4 is 0 Å². The normalized spacial score (nSPS) is 30.4. The summed E-state index contributed by atoms with van der Waals surface area (Å²) in [5.41, 5.74) is 0. The second-order valence-corrected chi connectivity index (χ2v) is 7.79. The lowest BCUT2D eigenvalue weighted by atomic mass is 9.77. The number of hydrogen-bond donors (Lipinski definition) is 1. The quantitative estimate of drug-likeness (QED) is 0.760. The van der Waals surface area contributed by atoms with Crippen LogP contribution in [0.25, 0.3) is 0 Å². The molecule has 3 unspecified atom stereocenters. The fourth-order valence-corrected chi connectivity index (χ4v) is 4.10. The minimum Gasteiger partial charge on any atom is -0.313 e. The van der Waals surface area contributed by atoms with E-state index in [1.165, 1.54) is 58.2 Å². The van der Waals surface area contributed by atoms with Gasteiger partial charge in [0.05, 0.1) is 0 Å². The first-order chi connectivity index (χ1) is 9.60. The lowest BCUT2D eigenvalue weighted by molar-refractivity contribution is 0.0438. The van der Waals surface area contributed by atoms with E-state index in [1.54, 1.807) is 0 Å². The Morgan fingerprint density at radius 1 is 1.20 bits per heavy atom. The summed E-state index contributed by atoms with van der Waals surface area (Å²) in [6.45, 7) is 13.3. The van der Waals surface area contributed by atoms with E-state index >= 15 is 0 Å². The summed E-state index contributed by atoms with van der Waals surface area (Å²) >= 11 is 0. The highest BCUT2D eigenvalue weighted by atomic mass is 15.2. The van der Waals surface area contributed by atoms with Crippen molar-refractivity contribution in [3.63, 3.8) is 0 Å². The molecule has 2 heteroatoms. The maximum Gasteiger partial charge on any atom is 0.0198 e. The van der Waals surface area contributed by atoms with Crippen LogP contribution in [0, 0.1) is 17.8 Å². The molecule has 1 N–H and O–H groups in total. The summed E-state index contributed by atoms with van der Waals surface area (Å²) in [5, 5.41) is 3.83. The largest absolute Gasteiger partial charge is 0.313 e. The van der Waals surface area contributed by atoms with Gasteiger partial charge in [-0.2, -0.15) is 0 Å². The van der Waals surface area contributed by atoms with Crippen LogP contribution in [0.2, 0.25) is 0 Å². The van der Waals surface area contributed by atoms with Crippen LogP contribution in [0.4, 0.5) is 0 Å². The molecule has 1 aliphatic heterocycles. The van der Waals surface area contributed by atoms with Gasteiger partial charge in [0.1, 0.15) is 0 Å². The van der Waals surface area contributed by atoms with E-state index in [1.807, 2.05) is 0 Å². The number of nitrogens with zero attached hydrogens (tertiary/aromatic N) is 1. The maximum absolute atomic E-state index is 3.83. The molecule has 0 aromatic heterocycles. The Morgan fingerprint density at radius 3 is 2.50 bits per heavy atom. The first-order valence-electron chi connectivity index (χ1n) is 9.07. The third kappa shape index (κ3) is 4.46. The zero-order valence-electron chi connectivity index (χ0n) is 14.2. The molecule has 2 nitrogen and oxygen atoms in total. The number of likely N-dealkylation sites (tertiary alicyclic amines) is 1. The van der Waals surface area contributed by atoms with Crippen molar-refractivity contribution in [1.29, 1.82) is 0 Å². The van der Waals surface area contributed by atoms with Crippen LogP contribution >= 0.6 is 0 Å². The van der Waals surface area contributed by atoms with Gasteiger partial charge in [-0.1, -0.05) is 34.1 Å². The number of piperidine rings is 1. The molecule has 0 aromatic carbocycles.